The topological polar surface area (TPSA) is 54.4 Å². The molecular weight excluding hydrogens is 228 g/mol. The molecule has 0 aliphatic rings. The normalized spacial score (nSPS) is 11.3. The van der Waals surface area contributed by atoms with Gasteiger partial charge in [-0.3, -0.25) is 4.79 Å². The van der Waals surface area contributed by atoms with E-state index in [1.54, 1.807) is 13.8 Å². The Kier molecular flexibility index (Phi) is 15.4. The molecule has 0 aromatic rings. The van der Waals surface area contributed by atoms with Gasteiger partial charge in [0.25, 0.3) is 0 Å². The van der Waals surface area contributed by atoms with Crippen LogP contribution in [0.15, 0.2) is 0 Å². The van der Waals surface area contributed by atoms with Crippen LogP contribution in [0.25, 0.3) is 0 Å². The van der Waals surface area contributed by atoms with Gasteiger partial charge in [0.05, 0.1) is 5.92 Å². The minimum Gasteiger partial charge on any atom is -0.481 e. The first kappa shape index (κ1) is 19.5. The summed E-state index contributed by atoms with van der Waals surface area (Å²) in [5.74, 6) is -0.513. The molecule has 0 aliphatic heterocycles. The highest BCUT2D eigenvalue weighted by molar-refractivity contribution is 5.75. The second-order valence-corrected chi connectivity index (χ2v) is 4.89. The van der Waals surface area contributed by atoms with E-state index in [0.717, 1.165) is 38.5 Å². The Morgan fingerprint density at radius 1 is 1.00 bits per heavy atom. The number of carboxylic acid groups (broad SMARTS) is 1. The molecule has 0 aromatic heterocycles. The van der Waals surface area contributed by atoms with Crippen LogP contribution in [0.1, 0.15) is 79.1 Å². The Balaban J connectivity index is 0. The van der Waals surface area contributed by atoms with E-state index in [1.807, 2.05) is 0 Å². The molecule has 0 amide bonds. The number of ketones is 1. The van der Waals surface area contributed by atoms with Crippen molar-refractivity contribution in [3.63, 3.8) is 0 Å². The van der Waals surface area contributed by atoms with Crippen molar-refractivity contribution in [3.05, 3.63) is 0 Å². The highest BCUT2D eigenvalue weighted by Gasteiger charge is 2.08. The molecule has 1 N–H and O–H groups in total. The lowest BCUT2D eigenvalue weighted by Crippen LogP contribution is -2.08. The van der Waals surface area contributed by atoms with Gasteiger partial charge in [-0.15, -0.1) is 0 Å². The summed E-state index contributed by atoms with van der Waals surface area (Å²) in [5.41, 5.74) is 0. The number of carbonyl (C=O) groups excluding carboxylic acids is 1. The third kappa shape index (κ3) is 17.5. The number of carboxylic acids is 1. The molecule has 1 unspecified atom stereocenters. The molecule has 1 atom stereocenters. The average molecular weight is 258 g/mol. The Morgan fingerprint density at radius 3 is 1.89 bits per heavy atom. The van der Waals surface area contributed by atoms with Gasteiger partial charge >= 0.3 is 5.97 Å². The summed E-state index contributed by atoms with van der Waals surface area (Å²) in [5, 5.41) is 8.48. The molecule has 0 fully saturated rings. The van der Waals surface area contributed by atoms with Crippen molar-refractivity contribution in [3.8, 4) is 0 Å². The fourth-order valence-electron chi connectivity index (χ4n) is 1.45. The van der Waals surface area contributed by atoms with Crippen molar-refractivity contribution in [2.45, 2.75) is 79.1 Å². The zero-order valence-corrected chi connectivity index (χ0v) is 12.5. The fourth-order valence-corrected chi connectivity index (χ4v) is 1.45. The Morgan fingerprint density at radius 2 is 1.50 bits per heavy atom. The van der Waals surface area contributed by atoms with Crippen molar-refractivity contribution in [2.75, 3.05) is 0 Å². The molecule has 0 aliphatic carbocycles. The first-order chi connectivity index (χ1) is 8.45. The summed E-state index contributed by atoms with van der Waals surface area (Å²) < 4.78 is 0. The van der Waals surface area contributed by atoms with E-state index < -0.39 is 5.97 Å². The van der Waals surface area contributed by atoms with Crippen LogP contribution in [-0.4, -0.2) is 16.9 Å². The standard InChI is InChI=1S/C8H16O2.C7H14O/c1-3-4-5-6-7(2)8(9)10;1-3-4-5-6-7(2)8/h7H,3-6H2,1-2H3,(H,9,10);3-6H2,1-2H3. The predicted octanol–water partition coefficient (Wildman–Crippen LogP) is 4.44. The van der Waals surface area contributed by atoms with Crippen molar-refractivity contribution in [1.29, 1.82) is 0 Å². The second-order valence-electron chi connectivity index (χ2n) is 4.89. The van der Waals surface area contributed by atoms with Crippen LogP contribution in [0.3, 0.4) is 0 Å². The number of carbonyl (C=O) groups is 2. The van der Waals surface area contributed by atoms with Crippen molar-refractivity contribution < 1.29 is 14.7 Å². The minimum atomic E-state index is -0.670. The van der Waals surface area contributed by atoms with Crippen LogP contribution in [0.4, 0.5) is 0 Å². The van der Waals surface area contributed by atoms with Gasteiger partial charge in [0.15, 0.2) is 0 Å². The van der Waals surface area contributed by atoms with E-state index in [-0.39, 0.29) is 5.92 Å². The highest BCUT2D eigenvalue weighted by Crippen LogP contribution is 2.08. The minimum absolute atomic E-state index is 0.161. The molecule has 0 aromatic carbocycles. The highest BCUT2D eigenvalue weighted by atomic mass is 16.4. The molecule has 0 saturated heterocycles. The summed E-state index contributed by atoms with van der Waals surface area (Å²) in [6.45, 7) is 7.67. The van der Waals surface area contributed by atoms with Gasteiger partial charge < -0.3 is 9.90 Å². The maximum Gasteiger partial charge on any atom is 0.306 e. The molecule has 0 bridgehead atoms. The number of aliphatic carboxylic acids is 1. The summed E-state index contributed by atoms with van der Waals surface area (Å²) in [6.07, 6.45) is 8.42. The maximum atomic E-state index is 10.3. The third-order valence-corrected chi connectivity index (χ3v) is 2.79. The molecule has 3 nitrogen and oxygen atoms in total. The van der Waals surface area contributed by atoms with Crippen LogP contribution in [0, 0.1) is 5.92 Å². The van der Waals surface area contributed by atoms with Crippen molar-refractivity contribution in [1.82, 2.24) is 0 Å². The zero-order chi connectivity index (χ0) is 14.4. The van der Waals surface area contributed by atoms with E-state index in [1.165, 1.54) is 12.8 Å². The summed E-state index contributed by atoms with van der Waals surface area (Å²) in [7, 11) is 0. The lowest BCUT2D eigenvalue weighted by molar-refractivity contribution is -0.141. The monoisotopic (exact) mass is 258 g/mol. The first-order valence-corrected chi connectivity index (χ1v) is 7.17. The molecule has 108 valence electrons. The van der Waals surface area contributed by atoms with Crippen LogP contribution in [0.2, 0.25) is 0 Å². The number of unbranched alkanes of at least 4 members (excludes halogenated alkanes) is 4. The average Bonchev–Trinajstić information content (AvgIpc) is 2.30. The quantitative estimate of drug-likeness (QED) is 0.622. The van der Waals surface area contributed by atoms with Crippen LogP contribution in [0.5, 0.6) is 0 Å². The number of hydrogen-bond acceptors (Lipinski definition) is 2. The zero-order valence-electron chi connectivity index (χ0n) is 12.5. The molecule has 3 heteroatoms. The molecule has 0 radical (unpaired) electrons. The summed E-state index contributed by atoms with van der Waals surface area (Å²) in [6, 6.07) is 0. The molecule has 0 saturated carbocycles. The van der Waals surface area contributed by atoms with E-state index in [4.69, 9.17) is 5.11 Å². The SMILES string of the molecule is CCCCCC(C)=O.CCCCCC(C)C(=O)O. The number of Topliss-reactive ketones (excluding diaryl/α,β-unsaturated/α-hetero) is 1. The van der Waals surface area contributed by atoms with Crippen molar-refractivity contribution >= 4 is 11.8 Å². The predicted molar refractivity (Wildman–Crippen MR) is 75.8 cm³/mol. The largest absolute Gasteiger partial charge is 0.481 e. The third-order valence-electron chi connectivity index (χ3n) is 2.79. The van der Waals surface area contributed by atoms with Crippen LogP contribution in [-0.2, 0) is 9.59 Å². The van der Waals surface area contributed by atoms with Gasteiger partial charge in [-0.25, -0.2) is 0 Å². The molecule has 0 rings (SSSR count). The Hall–Kier alpha value is -0.860. The Labute approximate surface area is 112 Å². The van der Waals surface area contributed by atoms with E-state index >= 15 is 0 Å². The lowest BCUT2D eigenvalue weighted by atomic mass is 10.0. The molecule has 0 spiro atoms. The van der Waals surface area contributed by atoms with E-state index in [9.17, 15) is 9.59 Å². The van der Waals surface area contributed by atoms with Gasteiger partial charge in [-0.05, 0) is 19.8 Å². The molecule has 18 heavy (non-hydrogen) atoms. The second kappa shape index (κ2) is 14.2. The van der Waals surface area contributed by atoms with Crippen LogP contribution >= 0.6 is 0 Å². The smallest absolute Gasteiger partial charge is 0.306 e. The van der Waals surface area contributed by atoms with Crippen molar-refractivity contribution in [2.24, 2.45) is 5.92 Å². The fraction of sp³-hybridized carbons (Fsp3) is 0.867. The molecular formula is C15H30O3. The molecule has 0 heterocycles. The van der Waals surface area contributed by atoms with Gasteiger partial charge in [0.2, 0.25) is 0 Å². The summed E-state index contributed by atoms with van der Waals surface area (Å²) >= 11 is 0. The maximum absolute atomic E-state index is 10.3. The summed E-state index contributed by atoms with van der Waals surface area (Å²) in [4.78, 5) is 20.6. The lowest BCUT2D eigenvalue weighted by Gasteiger charge is -2.03. The van der Waals surface area contributed by atoms with Gasteiger partial charge in [-0.2, -0.15) is 0 Å². The Bertz CT molecular complexity index is 212. The number of rotatable bonds is 9. The first-order valence-electron chi connectivity index (χ1n) is 7.17. The van der Waals surface area contributed by atoms with E-state index in [0.29, 0.717) is 5.78 Å². The van der Waals surface area contributed by atoms with Gasteiger partial charge in [0, 0.05) is 6.42 Å². The van der Waals surface area contributed by atoms with Gasteiger partial charge in [-0.1, -0.05) is 52.9 Å². The number of hydrogen-bond donors (Lipinski definition) is 1. The van der Waals surface area contributed by atoms with Gasteiger partial charge in [0.1, 0.15) is 5.78 Å². The van der Waals surface area contributed by atoms with E-state index in [2.05, 4.69) is 13.8 Å². The van der Waals surface area contributed by atoms with Crippen LogP contribution < -0.4 is 0 Å².